The average Bonchev–Trinajstić information content (AvgIpc) is 3.18. The van der Waals surface area contributed by atoms with Gasteiger partial charge in [0, 0.05) is 50.6 Å². The third kappa shape index (κ3) is 4.52. The first-order valence-electron chi connectivity index (χ1n) is 11.8. The highest BCUT2D eigenvalue weighted by Crippen LogP contribution is 2.42. The summed E-state index contributed by atoms with van der Waals surface area (Å²) in [5, 5.41) is 3.20. The number of carbonyl (C=O) groups is 2. The molecule has 2 amide bonds. The molecular formula is C26H30FN3O3. The summed E-state index contributed by atoms with van der Waals surface area (Å²) in [5.74, 6) is -0.472. The number of ether oxygens (including phenoxy) is 1. The maximum absolute atomic E-state index is 14.1. The minimum absolute atomic E-state index is 0.00432. The van der Waals surface area contributed by atoms with Crippen LogP contribution in [0.5, 0.6) is 0 Å². The summed E-state index contributed by atoms with van der Waals surface area (Å²) in [6.45, 7) is 4.71. The molecule has 0 aromatic heterocycles. The van der Waals surface area contributed by atoms with E-state index in [9.17, 15) is 14.0 Å². The maximum atomic E-state index is 14.1. The molecule has 174 valence electrons. The van der Waals surface area contributed by atoms with Crippen LogP contribution in [0.4, 0.5) is 4.39 Å². The number of benzene rings is 2. The lowest BCUT2D eigenvalue weighted by Crippen LogP contribution is -2.56. The van der Waals surface area contributed by atoms with Crippen molar-refractivity contribution < 1.29 is 18.7 Å². The Hall–Kier alpha value is -2.77. The summed E-state index contributed by atoms with van der Waals surface area (Å²) < 4.78 is 19.5. The highest BCUT2D eigenvalue weighted by Gasteiger charge is 2.50. The Morgan fingerprint density at radius 3 is 2.76 bits per heavy atom. The van der Waals surface area contributed by atoms with Crippen LogP contribution in [0.1, 0.15) is 46.7 Å². The lowest BCUT2D eigenvalue weighted by molar-refractivity contribution is -0.125. The maximum Gasteiger partial charge on any atom is 0.254 e. The third-order valence-corrected chi connectivity index (χ3v) is 7.24. The molecule has 1 N–H and O–H groups in total. The fourth-order valence-corrected chi connectivity index (χ4v) is 5.60. The second-order valence-corrected chi connectivity index (χ2v) is 9.40. The van der Waals surface area contributed by atoms with Gasteiger partial charge < -0.3 is 15.0 Å². The SMILES string of the molecule is O=C1CCC[C@]2(CN(C(=O)c3ccccc3CN3CCOCC3)C[C@H]2c2cccc(F)c2)N1. The number of nitrogens with zero attached hydrogens (tertiary/aromatic N) is 2. The molecule has 6 nitrogen and oxygen atoms in total. The summed E-state index contributed by atoms with van der Waals surface area (Å²) in [4.78, 5) is 30.3. The number of likely N-dealkylation sites (tertiary alicyclic amines) is 1. The van der Waals surface area contributed by atoms with Gasteiger partial charge in [0.2, 0.25) is 5.91 Å². The zero-order valence-corrected chi connectivity index (χ0v) is 18.8. The van der Waals surface area contributed by atoms with E-state index < -0.39 is 5.54 Å². The number of amides is 2. The second-order valence-electron chi connectivity index (χ2n) is 9.40. The van der Waals surface area contributed by atoms with Gasteiger partial charge in [-0.3, -0.25) is 14.5 Å². The van der Waals surface area contributed by atoms with Gasteiger partial charge in [-0.2, -0.15) is 0 Å². The minimum atomic E-state index is -0.558. The molecule has 3 fully saturated rings. The van der Waals surface area contributed by atoms with Crippen LogP contribution in [0.2, 0.25) is 0 Å². The smallest absolute Gasteiger partial charge is 0.254 e. The van der Waals surface area contributed by atoms with Crippen molar-refractivity contribution in [1.82, 2.24) is 15.1 Å². The van der Waals surface area contributed by atoms with Crippen molar-refractivity contribution in [3.63, 3.8) is 0 Å². The lowest BCUT2D eigenvalue weighted by atomic mass is 9.76. The van der Waals surface area contributed by atoms with E-state index in [2.05, 4.69) is 10.2 Å². The molecule has 0 unspecified atom stereocenters. The third-order valence-electron chi connectivity index (χ3n) is 7.24. The van der Waals surface area contributed by atoms with Crippen molar-refractivity contribution >= 4 is 11.8 Å². The molecule has 3 aliphatic heterocycles. The van der Waals surface area contributed by atoms with Crippen LogP contribution < -0.4 is 5.32 Å². The lowest BCUT2D eigenvalue weighted by Gasteiger charge is -2.39. The molecule has 1 spiro atoms. The fraction of sp³-hybridized carbons (Fsp3) is 0.462. The van der Waals surface area contributed by atoms with Crippen molar-refractivity contribution in [2.75, 3.05) is 39.4 Å². The molecule has 5 rings (SSSR count). The fourth-order valence-electron chi connectivity index (χ4n) is 5.60. The van der Waals surface area contributed by atoms with Crippen molar-refractivity contribution in [3.8, 4) is 0 Å². The van der Waals surface area contributed by atoms with Crippen molar-refractivity contribution in [3.05, 3.63) is 71.0 Å². The Kier molecular flexibility index (Phi) is 6.17. The normalized spacial score (nSPS) is 25.9. The van der Waals surface area contributed by atoms with Gasteiger partial charge >= 0.3 is 0 Å². The summed E-state index contributed by atoms with van der Waals surface area (Å²) in [6.07, 6.45) is 2.04. The highest BCUT2D eigenvalue weighted by atomic mass is 19.1. The van der Waals surface area contributed by atoms with E-state index in [-0.39, 0.29) is 23.5 Å². The predicted molar refractivity (Wildman–Crippen MR) is 122 cm³/mol. The van der Waals surface area contributed by atoms with Crippen LogP contribution in [-0.2, 0) is 16.1 Å². The Labute approximate surface area is 193 Å². The van der Waals surface area contributed by atoms with E-state index >= 15 is 0 Å². The number of rotatable bonds is 4. The molecule has 0 bridgehead atoms. The zero-order valence-electron chi connectivity index (χ0n) is 18.8. The molecule has 3 saturated heterocycles. The Balaban J connectivity index is 1.43. The number of morpholine rings is 1. The molecule has 0 aliphatic carbocycles. The van der Waals surface area contributed by atoms with Gasteiger partial charge in [-0.05, 0) is 42.2 Å². The Bertz CT molecular complexity index is 1040. The van der Waals surface area contributed by atoms with E-state index in [1.807, 2.05) is 35.2 Å². The first kappa shape index (κ1) is 22.0. The Morgan fingerprint density at radius 1 is 1.15 bits per heavy atom. The monoisotopic (exact) mass is 451 g/mol. The number of halogens is 1. The highest BCUT2D eigenvalue weighted by molar-refractivity contribution is 5.96. The number of hydrogen-bond acceptors (Lipinski definition) is 4. The van der Waals surface area contributed by atoms with E-state index in [0.29, 0.717) is 44.8 Å². The van der Waals surface area contributed by atoms with Gasteiger partial charge in [-0.25, -0.2) is 4.39 Å². The van der Waals surface area contributed by atoms with Crippen LogP contribution in [-0.4, -0.2) is 66.5 Å². The number of hydrogen-bond donors (Lipinski definition) is 1. The summed E-state index contributed by atoms with van der Waals surface area (Å²) in [5.41, 5.74) is 1.97. The van der Waals surface area contributed by atoms with Crippen LogP contribution in [0.25, 0.3) is 0 Å². The summed E-state index contributed by atoms with van der Waals surface area (Å²) in [6, 6.07) is 14.3. The summed E-state index contributed by atoms with van der Waals surface area (Å²) in [7, 11) is 0. The Morgan fingerprint density at radius 2 is 1.97 bits per heavy atom. The van der Waals surface area contributed by atoms with Crippen molar-refractivity contribution in [2.45, 2.75) is 37.3 Å². The number of piperidine rings is 1. The predicted octanol–water partition coefficient (Wildman–Crippen LogP) is 2.94. The van der Waals surface area contributed by atoms with Gasteiger partial charge in [0.25, 0.3) is 5.91 Å². The molecule has 0 radical (unpaired) electrons. The van der Waals surface area contributed by atoms with Gasteiger partial charge in [0.1, 0.15) is 5.82 Å². The minimum Gasteiger partial charge on any atom is -0.379 e. The molecule has 33 heavy (non-hydrogen) atoms. The van der Waals surface area contributed by atoms with Gasteiger partial charge in [-0.1, -0.05) is 30.3 Å². The van der Waals surface area contributed by atoms with E-state index in [4.69, 9.17) is 4.74 Å². The molecule has 2 aromatic rings. The number of carbonyl (C=O) groups excluding carboxylic acids is 2. The van der Waals surface area contributed by atoms with E-state index in [1.165, 1.54) is 12.1 Å². The second kappa shape index (κ2) is 9.23. The van der Waals surface area contributed by atoms with E-state index in [1.54, 1.807) is 6.07 Å². The van der Waals surface area contributed by atoms with Gasteiger partial charge in [0.05, 0.1) is 18.8 Å². The van der Waals surface area contributed by atoms with Crippen molar-refractivity contribution in [1.29, 1.82) is 0 Å². The molecule has 3 heterocycles. The standard InChI is InChI=1S/C26H30FN3O3/c27-21-7-3-6-19(15-21)23-17-30(18-26(23)10-4-9-24(31)28-26)25(32)22-8-2-1-5-20(22)16-29-11-13-33-14-12-29/h1-3,5-8,15,23H,4,9-14,16-18H2,(H,28,31)/t23-,26+/m0/s1. The molecule has 2 atom stereocenters. The molecular weight excluding hydrogens is 421 g/mol. The van der Waals surface area contributed by atoms with Crippen molar-refractivity contribution in [2.24, 2.45) is 0 Å². The quantitative estimate of drug-likeness (QED) is 0.777. The van der Waals surface area contributed by atoms with Crippen LogP contribution >= 0.6 is 0 Å². The van der Waals surface area contributed by atoms with Crippen LogP contribution in [0, 0.1) is 5.82 Å². The largest absolute Gasteiger partial charge is 0.379 e. The molecule has 7 heteroatoms. The molecule has 0 saturated carbocycles. The van der Waals surface area contributed by atoms with E-state index in [0.717, 1.165) is 37.1 Å². The first-order chi connectivity index (χ1) is 16.0. The van der Waals surface area contributed by atoms with Crippen LogP contribution in [0.15, 0.2) is 48.5 Å². The molecule has 3 aliphatic rings. The topological polar surface area (TPSA) is 61.9 Å². The number of nitrogens with one attached hydrogen (secondary N) is 1. The average molecular weight is 452 g/mol. The van der Waals surface area contributed by atoms with Gasteiger partial charge in [-0.15, -0.1) is 0 Å². The van der Waals surface area contributed by atoms with Crippen LogP contribution in [0.3, 0.4) is 0 Å². The zero-order chi connectivity index (χ0) is 22.8. The molecule has 2 aromatic carbocycles. The van der Waals surface area contributed by atoms with Gasteiger partial charge in [0.15, 0.2) is 0 Å². The summed E-state index contributed by atoms with van der Waals surface area (Å²) >= 11 is 0. The first-order valence-corrected chi connectivity index (χ1v) is 11.8.